The molecule has 2 aromatic heterocycles. The third-order valence-electron chi connectivity index (χ3n) is 13.5. The monoisotopic (exact) mass is 870 g/mol. The van der Waals surface area contributed by atoms with Gasteiger partial charge in [-0.3, -0.25) is 0 Å². The molecule has 2 aliphatic rings. The van der Waals surface area contributed by atoms with Crippen LogP contribution in [0.25, 0.3) is 101 Å². The topological polar surface area (TPSA) is 52.8 Å². The Bertz CT molecular complexity index is 3690. The van der Waals surface area contributed by atoms with Crippen molar-refractivity contribution in [2.75, 3.05) is 0 Å². The fraction of sp³-hybridized carbons (Fsp3) is 0.0317. The van der Waals surface area contributed by atoms with Gasteiger partial charge in [0.15, 0.2) is 17.5 Å². The third kappa shape index (κ3) is 6.92. The van der Waals surface area contributed by atoms with Gasteiger partial charge in [-0.2, -0.15) is 0 Å². The molecule has 13 rings (SSSR count). The van der Waals surface area contributed by atoms with Gasteiger partial charge >= 0.3 is 0 Å². The van der Waals surface area contributed by atoms with E-state index in [2.05, 4.69) is 235 Å². The quantitative estimate of drug-likeness (QED) is 0.153. The largest absolute Gasteiger partial charge is 0.484 e. The number of fused-ring (bicyclic) bond motifs is 7. The molecule has 9 aromatic carbocycles. The Balaban J connectivity index is 0.903. The maximum Gasteiger partial charge on any atom is 0.164 e. The minimum atomic E-state index is -0.250. The van der Waals surface area contributed by atoms with E-state index in [9.17, 15) is 0 Å². The van der Waals surface area contributed by atoms with Crippen molar-refractivity contribution in [3.8, 4) is 90.1 Å². The molecule has 0 saturated heterocycles. The molecule has 0 bridgehead atoms. The maximum absolute atomic E-state index is 7.11. The lowest BCUT2D eigenvalue weighted by Crippen LogP contribution is -2.14. The summed E-state index contributed by atoms with van der Waals surface area (Å²) in [6, 6.07) is 81.1. The molecule has 2 atom stereocenters. The first kappa shape index (κ1) is 39.4. The zero-order chi connectivity index (χ0) is 45.0. The number of benzene rings is 9. The minimum Gasteiger partial charge on any atom is -0.484 e. The van der Waals surface area contributed by atoms with E-state index in [4.69, 9.17) is 19.7 Å². The number of hydrogen-bond acceptors (Lipinski definition) is 4. The first-order chi connectivity index (χ1) is 33.7. The molecular formula is C63H42N4O. The standard InChI is InChI=1S/C63H42N4O/c1-4-15-41(16-5-1)44-29-31-46(32-30-44)49-22-13-24-51(40-49)67-55-27-11-10-25-52(55)59-56(67)38-37-53-58-54(26-14-28-57(58)68-60(53)59)63-65-61(47-35-33-45(34-36-47)42-17-6-2-7-18-42)64-62(66-63)50-23-12-21-48(39-50)43-19-8-3-9-20-43/h1-40,53,60H. The number of nitrogens with zero attached hydrogens (tertiary/aromatic N) is 4. The molecule has 0 spiro atoms. The van der Waals surface area contributed by atoms with Crippen LogP contribution in [0.2, 0.25) is 0 Å². The molecule has 0 radical (unpaired) electrons. The molecule has 2 unspecified atom stereocenters. The number of aromatic nitrogens is 4. The van der Waals surface area contributed by atoms with Crippen molar-refractivity contribution in [1.29, 1.82) is 0 Å². The molecule has 0 N–H and O–H groups in total. The average Bonchev–Trinajstić information content (AvgIpc) is 3.98. The van der Waals surface area contributed by atoms with Crippen molar-refractivity contribution in [2.45, 2.75) is 12.0 Å². The summed E-state index contributed by atoms with van der Waals surface area (Å²) in [5.41, 5.74) is 17.7. The van der Waals surface area contributed by atoms with Gasteiger partial charge in [0.25, 0.3) is 0 Å². The molecule has 11 aromatic rings. The molecule has 5 heteroatoms. The molecule has 68 heavy (non-hydrogen) atoms. The van der Waals surface area contributed by atoms with E-state index in [0.29, 0.717) is 17.5 Å². The van der Waals surface area contributed by atoms with Crippen LogP contribution < -0.4 is 4.74 Å². The second kappa shape index (κ2) is 16.5. The SMILES string of the molecule is C1=CC2c3c(cccc3-c3nc(-c4ccc(-c5ccccc5)cc4)nc(-c4cccc(-c5ccccc5)c4)n3)OC2c2c1n(-c1cccc(-c3ccc(-c4ccccc4)cc3)c1)c1ccccc21. The number of para-hydroxylation sites is 1. The fourth-order valence-electron chi connectivity index (χ4n) is 10.2. The maximum atomic E-state index is 7.11. The summed E-state index contributed by atoms with van der Waals surface area (Å²) < 4.78 is 9.50. The summed E-state index contributed by atoms with van der Waals surface area (Å²) in [5, 5.41) is 1.18. The fourth-order valence-corrected chi connectivity index (χ4v) is 10.2. The molecule has 3 heterocycles. The lowest BCUT2D eigenvalue weighted by Gasteiger charge is -2.23. The Hall–Kier alpha value is -8.93. The van der Waals surface area contributed by atoms with Crippen molar-refractivity contribution in [3.63, 3.8) is 0 Å². The van der Waals surface area contributed by atoms with Gasteiger partial charge in [-0.25, -0.2) is 15.0 Å². The highest BCUT2D eigenvalue weighted by Crippen LogP contribution is 2.55. The molecular weight excluding hydrogens is 829 g/mol. The zero-order valence-electron chi connectivity index (χ0n) is 36.9. The van der Waals surface area contributed by atoms with Crippen LogP contribution in [0.4, 0.5) is 0 Å². The van der Waals surface area contributed by atoms with Gasteiger partial charge in [-0.05, 0) is 80.9 Å². The van der Waals surface area contributed by atoms with Gasteiger partial charge in [-0.1, -0.05) is 206 Å². The van der Waals surface area contributed by atoms with Crippen molar-refractivity contribution < 1.29 is 4.74 Å². The van der Waals surface area contributed by atoms with Crippen LogP contribution in [0.1, 0.15) is 28.8 Å². The summed E-state index contributed by atoms with van der Waals surface area (Å²) in [5.74, 6) is 2.61. The van der Waals surface area contributed by atoms with Crippen LogP contribution in [0, 0.1) is 0 Å². The molecule has 320 valence electrons. The first-order valence-electron chi connectivity index (χ1n) is 23.2. The predicted octanol–water partition coefficient (Wildman–Crippen LogP) is 15.7. The van der Waals surface area contributed by atoms with Crippen LogP contribution in [-0.4, -0.2) is 19.5 Å². The highest BCUT2D eigenvalue weighted by atomic mass is 16.5. The summed E-state index contributed by atoms with van der Waals surface area (Å²) in [6.07, 6.45) is 4.36. The van der Waals surface area contributed by atoms with Crippen molar-refractivity contribution in [3.05, 3.63) is 253 Å². The summed E-state index contributed by atoms with van der Waals surface area (Å²) in [6.45, 7) is 0. The van der Waals surface area contributed by atoms with E-state index < -0.39 is 0 Å². The number of hydrogen-bond donors (Lipinski definition) is 0. The van der Waals surface area contributed by atoms with E-state index in [0.717, 1.165) is 72.7 Å². The second-order valence-electron chi connectivity index (χ2n) is 17.5. The van der Waals surface area contributed by atoms with Crippen LogP contribution in [-0.2, 0) is 0 Å². The Kier molecular flexibility index (Phi) is 9.57. The van der Waals surface area contributed by atoms with Gasteiger partial charge in [0.1, 0.15) is 11.9 Å². The Morgan fingerprint density at radius 2 is 0.853 bits per heavy atom. The van der Waals surface area contributed by atoms with Crippen LogP contribution in [0.15, 0.2) is 237 Å². The molecule has 1 aliphatic heterocycles. The Morgan fingerprint density at radius 3 is 1.53 bits per heavy atom. The van der Waals surface area contributed by atoms with E-state index >= 15 is 0 Å². The third-order valence-corrected chi connectivity index (χ3v) is 13.5. The Morgan fingerprint density at radius 1 is 0.368 bits per heavy atom. The van der Waals surface area contributed by atoms with Crippen molar-refractivity contribution >= 4 is 17.0 Å². The zero-order valence-corrected chi connectivity index (χ0v) is 36.9. The lowest BCUT2D eigenvalue weighted by atomic mass is 9.83. The highest BCUT2D eigenvalue weighted by Gasteiger charge is 2.42. The second-order valence-corrected chi connectivity index (χ2v) is 17.5. The molecule has 0 saturated carbocycles. The van der Waals surface area contributed by atoms with Crippen molar-refractivity contribution in [2.24, 2.45) is 0 Å². The van der Waals surface area contributed by atoms with Crippen LogP contribution in [0.3, 0.4) is 0 Å². The summed E-state index contributed by atoms with van der Waals surface area (Å²) in [7, 11) is 0. The summed E-state index contributed by atoms with van der Waals surface area (Å²) in [4.78, 5) is 15.8. The van der Waals surface area contributed by atoms with Crippen molar-refractivity contribution in [1.82, 2.24) is 19.5 Å². The first-order valence-corrected chi connectivity index (χ1v) is 23.2. The lowest BCUT2D eigenvalue weighted by molar-refractivity contribution is 0.224. The molecule has 1 aliphatic carbocycles. The van der Waals surface area contributed by atoms with E-state index in [1.807, 2.05) is 12.1 Å². The van der Waals surface area contributed by atoms with E-state index in [1.54, 1.807) is 0 Å². The average molecular weight is 871 g/mol. The normalized spacial score (nSPS) is 14.5. The number of rotatable bonds is 8. The Labute approximate surface area is 395 Å². The van der Waals surface area contributed by atoms with Gasteiger partial charge in [-0.15, -0.1) is 0 Å². The van der Waals surface area contributed by atoms with Gasteiger partial charge in [0.2, 0.25) is 0 Å². The van der Waals surface area contributed by atoms with Gasteiger partial charge in [0, 0.05) is 44.8 Å². The molecule has 0 amide bonds. The number of ether oxygens (including phenoxy) is 1. The minimum absolute atomic E-state index is 0.0716. The van der Waals surface area contributed by atoms with Crippen LogP contribution in [0.5, 0.6) is 5.75 Å². The van der Waals surface area contributed by atoms with Gasteiger partial charge in [0.05, 0.1) is 11.2 Å². The van der Waals surface area contributed by atoms with Gasteiger partial charge < -0.3 is 9.30 Å². The highest BCUT2D eigenvalue weighted by molar-refractivity contribution is 5.93. The molecule has 5 nitrogen and oxygen atoms in total. The smallest absolute Gasteiger partial charge is 0.164 e. The van der Waals surface area contributed by atoms with E-state index in [-0.39, 0.29) is 12.0 Å². The van der Waals surface area contributed by atoms with E-state index in [1.165, 1.54) is 27.6 Å². The molecule has 0 fully saturated rings. The predicted molar refractivity (Wildman–Crippen MR) is 276 cm³/mol. The summed E-state index contributed by atoms with van der Waals surface area (Å²) >= 11 is 0. The van der Waals surface area contributed by atoms with Crippen LogP contribution >= 0.6 is 0 Å².